The molecule has 3 nitrogen and oxygen atoms in total. The van der Waals surface area contributed by atoms with Crippen molar-refractivity contribution in [3.05, 3.63) is 0 Å². The zero-order valence-corrected chi connectivity index (χ0v) is 11.7. The highest BCUT2D eigenvalue weighted by Gasteiger charge is 2.25. The van der Waals surface area contributed by atoms with Gasteiger partial charge in [-0.1, -0.05) is 34.4 Å². The lowest BCUT2D eigenvalue weighted by Gasteiger charge is -2.19. The molecule has 0 spiro atoms. The second-order valence-corrected chi connectivity index (χ2v) is 5.21. The van der Waals surface area contributed by atoms with Crippen molar-refractivity contribution >= 4 is 28.6 Å². The summed E-state index contributed by atoms with van der Waals surface area (Å²) in [6.45, 7) is 7.11. The minimum Gasteiger partial charge on any atom is -0.462 e. The first-order valence-electron chi connectivity index (χ1n) is 4.64. The first-order chi connectivity index (χ1) is 6.68. The normalized spacial score (nSPS) is 14.8. The van der Waals surface area contributed by atoms with Gasteiger partial charge in [0.25, 0.3) is 0 Å². The van der Waals surface area contributed by atoms with Crippen LogP contribution in [-0.2, 0) is 9.53 Å². The van der Waals surface area contributed by atoms with Gasteiger partial charge in [0.05, 0.1) is 0 Å². The molecule has 0 amide bonds. The predicted molar refractivity (Wildman–Crippen MR) is 67.7 cm³/mol. The molecular weight excluding hydrogens is 307 g/mol. The standard InChI is InChI=1S/C11H17IO3/c1-9(13)15-8-11(14,7-12)6-5-10(2,3)4/h14H,7-8H2,1-4H3/t11-/m0/s1. The molecule has 0 heterocycles. The van der Waals surface area contributed by atoms with E-state index in [0.717, 1.165) is 0 Å². The fourth-order valence-electron chi connectivity index (χ4n) is 0.633. The topological polar surface area (TPSA) is 46.5 Å². The molecular formula is C11H17IO3. The molecule has 0 aromatic rings. The van der Waals surface area contributed by atoms with Gasteiger partial charge in [-0.05, 0) is 20.8 Å². The van der Waals surface area contributed by atoms with Gasteiger partial charge in [-0.3, -0.25) is 4.79 Å². The van der Waals surface area contributed by atoms with Crippen LogP contribution in [0.1, 0.15) is 27.7 Å². The molecule has 0 aliphatic heterocycles. The molecule has 4 heteroatoms. The minimum absolute atomic E-state index is 0.0750. The van der Waals surface area contributed by atoms with E-state index in [9.17, 15) is 9.90 Å². The van der Waals surface area contributed by atoms with Crippen molar-refractivity contribution in [3.8, 4) is 11.8 Å². The Bertz CT molecular complexity index is 282. The fraction of sp³-hybridized carbons (Fsp3) is 0.727. The van der Waals surface area contributed by atoms with Crippen molar-refractivity contribution in [2.75, 3.05) is 11.0 Å². The smallest absolute Gasteiger partial charge is 0.302 e. The van der Waals surface area contributed by atoms with E-state index in [1.165, 1.54) is 6.92 Å². The molecule has 0 aliphatic rings. The summed E-state index contributed by atoms with van der Waals surface area (Å²) in [5, 5.41) is 9.97. The van der Waals surface area contributed by atoms with Crippen molar-refractivity contribution in [1.29, 1.82) is 0 Å². The fourth-order valence-corrected chi connectivity index (χ4v) is 1.04. The van der Waals surface area contributed by atoms with Gasteiger partial charge in [0.1, 0.15) is 6.61 Å². The molecule has 0 aromatic heterocycles. The molecule has 0 saturated heterocycles. The van der Waals surface area contributed by atoms with Crippen LogP contribution < -0.4 is 0 Å². The lowest BCUT2D eigenvalue weighted by molar-refractivity contribution is -0.145. The molecule has 15 heavy (non-hydrogen) atoms. The average Bonchev–Trinajstić information content (AvgIpc) is 2.10. The van der Waals surface area contributed by atoms with Crippen molar-refractivity contribution in [2.45, 2.75) is 33.3 Å². The lowest BCUT2D eigenvalue weighted by Crippen LogP contribution is -2.35. The van der Waals surface area contributed by atoms with Crippen LogP contribution >= 0.6 is 22.6 Å². The van der Waals surface area contributed by atoms with E-state index in [4.69, 9.17) is 4.74 Å². The van der Waals surface area contributed by atoms with Gasteiger partial charge < -0.3 is 9.84 Å². The second-order valence-electron chi connectivity index (χ2n) is 4.45. The van der Waals surface area contributed by atoms with Crippen molar-refractivity contribution in [1.82, 2.24) is 0 Å². The molecule has 86 valence electrons. The summed E-state index contributed by atoms with van der Waals surface area (Å²) < 4.78 is 5.17. The maximum atomic E-state index is 10.6. The van der Waals surface area contributed by atoms with Crippen molar-refractivity contribution in [3.63, 3.8) is 0 Å². The molecule has 1 N–H and O–H groups in total. The van der Waals surface area contributed by atoms with E-state index in [2.05, 4.69) is 11.8 Å². The molecule has 0 bridgehead atoms. The molecule has 0 radical (unpaired) electrons. The van der Waals surface area contributed by atoms with Crippen LogP contribution in [0.15, 0.2) is 0 Å². The third kappa shape index (κ3) is 7.63. The monoisotopic (exact) mass is 324 g/mol. The minimum atomic E-state index is -1.24. The van der Waals surface area contributed by atoms with Gasteiger partial charge in [0.15, 0.2) is 5.60 Å². The van der Waals surface area contributed by atoms with Crippen molar-refractivity contribution < 1.29 is 14.6 Å². The number of halogens is 1. The van der Waals surface area contributed by atoms with Crippen LogP contribution in [0, 0.1) is 17.3 Å². The number of aliphatic hydroxyl groups is 1. The summed E-state index contributed by atoms with van der Waals surface area (Å²) in [6.07, 6.45) is 0. The predicted octanol–water partition coefficient (Wildman–Crippen LogP) is 1.77. The zero-order chi connectivity index (χ0) is 12.1. The Labute approximate surface area is 105 Å². The molecule has 0 unspecified atom stereocenters. The third-order valence-electron chi connectivity index (χ3n) is 1.41. The largest absolute Gasteiger partial charge is 0.462 e. The number of carbonyl (C=O) groups excluding carboxylic acids is 1. The van der Waals surface area contributed by atoms with Crippen LogP contribution in [0.5, 0.6) is 0 Å². The SMILES string of the molecule is CC(=O)OC[C@](O)(C#CC(C)(C)C)CI. The van der Waals surface area contributed by atoms with Gasteiger partial charge >= 0.3 is 5.97 Å². The molecule has 0 saturated carbocycles. The van der Waals surface area contributed by atoms with E-state index in [0.29, 0.717) is 4.43 Å². The third-order valence-corrected chi connectivity index (χ3v) is 2.67. The quantitative estimate of drug-likeness (QED) is 0.372. The van der Waals surface area contributed by atoms with Gasteiger partial charge in [0, 0.05) is 16.8 Å². The number of rotatable bonds is 3. The number of hydrogen-bond donors (Lipinski definition) is 1. The number of carbonyl (C=O) groups is 1. The number of ether oxygens (including phenoxy) is 1. The Morgan fingerprint density at radius 3 is 2.27 bits per heavy atom. The second kappa shape index (κ2) is 5.71. The number of alkyl halides is 1. The Balaban J connectivity index is 4.55. The van der Waals surface area contributed by atoms with Gasteiger partial charge in [-0.25, -0.2) is 0 Å². The highest BCUT2D eigenvalue weighted by molar-refractivity contribution is 14.1. The van der Waals surface area contributed by atoms with E-state index in [1.807, 2.05) is 43.4 Å². The Hall–Kier alpha value is -0.280. The zero-order valence-electron chi connectivity index (χ0n) is 9.56. The Morgan fingerprint density at radius 2 is 1.93 bits per heavy atom. The Kier molecular flexibility index (Phi) is 5.60. The van der Waals surface area contributed by atoms with Gasteiger partial charge in [-0.2, -0.15) is 0 Å². The molecule has 0 aromatic carbocycles. The number of hydrogen-bond acceptors (Lipinski definition) is 3. The Morgan fingerprint density at radius 1 is 1.40 bits per heavy atom. The first-order valence-corrected chi connectivity index (χ1v) is 6.17. The van der Waals surface area contributed by atoms with E-state index in [1.54, 1.807) is 0 Å². The van der Waals surface area contributed by atoms with Crippen molar-refractivity contribution in [2.24, 2.45) is 5.41 Å². The molecule has 0 rings (SSSR count). The maximum absolute atomic E-state index is 10.6. The van der Waals surface area contributed by atoms with E-state index in [-0.39, 0.29) is 12.0 Å². The van der Waals surface area contributed by atoms with Gasteiger partial charge in [-0.15, -0.1) is 0 Å². The summed E-state index contributed by atoms with van der Waals surface area (Å²) in [5.74, 6) is 5.30. The van der Waals surface area contributed by atoms with E-state index < -0.39 is 11.6 Å². The maximum Gasteiger partial charge on any atom is 0.302 e. The van der Waals surface area contributed by atoms with Crippen LogP contribution in [0.25, 0.3) is 0 Å². The summed E-state index contributed by atoms with van der Waals surface area (Å²) in [6, 6.07) is 0. The summed E-state index contributed by atoms with van der Waals surface area (Å²) in [5.41, 5.74) is -1.41. The molecule has 0 aliphatic carbocycles. The number of esters is 1. The first kappa shape index (κ1) is 14.7. The van der Waals surface area contributed by atoms with Crippen LogP contribution in [0.3, 0.4) is 0 Å². The van der Waals surface area contributed by atoms with E-state index >= 15 is 0 Å². The summed E-state index contributed by atoms with van der Waals surface area (Å²) >= 11 is 2.02. The summed E-state index contributed by atoms with van der Waals surface area (Å²) in [7, 11) is 0. The lowest BCUT2D eigenvalue weighted by atomic mass is 9.96. The molecule has 1 atom stereocenters. The highest BCUT2D eigenvalue weighted by atomic mass is 127. The summed E-state index contributed by atoms with van der Waals surface area (Å²) in [4.78, 5) is 10.6. The average molecular weight is 324 g/mol. The van der Waals surface area contributed by atoms with Crippen LogP contribution in [-0.4, -0.2) is 27.7 Å². The van der Waals surface area contributed by atoms with Gasteiger partial charge in [0.2, 0.25) is 0 Å². The van der Waals surface area contributed by atoms with Crippen LogP contribution in [0.4, 0.5) is 0 Å². The highest BCUT2D eigenvalue weighted by Crippen LogP contribution is 2.14. The molecule has 0 fully saturated rings. The van der Waals surface area contributed by atoms with Crippen LogP contribution in [0.2, 0.25) is 0 Å².